The topological polar surface area (TPSA) is 94.0 Å². The monoisotopic (exact) mass is 468 g/mol. The van der Waals surface area contributed by atoms with Crippen molar-refractivity contribution in [2.45, 2.75) is 56.8 Å². The number of aromatic nitrogens is 4. The fourth-order valence-electron chi connectivity index (χ4n) is 4.24. The maximum absolute atomic E-state index is 13.4. The molecular weight excluding hydrogens is 436 g/mol. The lowest BCUT2D eigenvalue weighted by Gasteiger charge is -2.36. The van der Waals surface area contributed by atoms with Crippen molar-refractivity contribution in [1.82, 2.24) is 25.1 Å². The van der Waals surface area contributed by atoms with Crippen LogP contribution in [0.2, 0.25) is 0 Å². The van der Waals surface area contributed by atoms with Crippen molar-refractivity contribution in [2.75, 3.05) is 30.8 Å². The number of rotatable bonds is 9. The van der Waals surface area contributed by atoms with Gasteiger partial charge in [0.25, 0.3) is 0 Å². The van der Waals surface area contributed by atoms with Gasteiger partial charge in [0.2, 0.25) is 5.91 Å². The van der Waals surface area contributed by atoms with E-state index in [1.54, 1.807) is 18.0 Å². The van der Waals surface area contributed by atoms with Gasteiger partial charge in [0.05, 0.1) is 23.5 Å². The molecule has 0 radical (unpaired) electrons. The van der Waals surface area contributed by atoms with Crippen LogP contribution in [0.3, 0.4) is 0 Å². The predicted octanol–water partition coefficient (Wildman–Crippen LogP) is 3.62. The Balaban J connectivity index is 1.51. The van der Waals surface area contributed by atoms with Gasteiger partial charge in [-0.3, -0.25) is 4.79 Å². The molecule has 0 atom stereocenters. The van der Waals surface area contributed by atoms with Crippen molar-refractivity contribution in [2.24, 2.45) is 0 Å². The molecule has 0 bridgehead atoms. The summed E-state index contributed by atoms with van der Waals surface area (Å²) >= 11 is 1.60. The molecular formula is C24H32N6O2S. The number of hydrogen-bond acceptors (Lipinski definition) is 7. The fraction of sp³-hybridized carbons (Fsp3) is 0.500. The first-order chi connectivity index (χ1) is 16.0. The Morgan fingerprint density at radius 2 is 1.97 bits per heavy atom. The number of carbonyl (C=O) groups is 1. The molecule has 8 nitrogen and oxygen atoms in total. The predicted molar refractivity (Wildman–Crippen MR) is 132 cm³/mol. The molecule has 9 heteroatoms. The minimum absolute atomic E-state index is 0.0486. The largest absolute Gasteiger partial charge is 0.381 e. The van der Waals surface area contributed by atoms with E-state index in [0.29, 0.717) is 39.1 Å². The number of hydrogen-bond donors (Lipinski definition) is 2. The Morgan fingerprint density at radius 3 is 2.67 bits per heavy atom. The first-order valence-corrected chi connectivity index (χ1v) is 12.6. The van der Waals surface area contributed by atoms with Crippen molar-refractivity contribution < 1.29 is 9.53 Å². The Kier molecular flexibility index (Phi) is 7.49. The second-order valence-electron chi connectivity index (χ2n) is 8.51. The van der Waals surface area contributed by atoms with E-state index in [-0.39, 0.29) is 11.9 Å². The third kappa shape index (κ3) is 5.14. The van der Waals surface area contributed by atoms with Crippen LogP contribution in [-0.4, -0.2) is 57.2 Å². The Hall–Kier alpha value is -2.65. The summed E-state index contributed by atoms with van der Waals surface area (Å²) in [4.78, 5) is 22.8. The summed E-state index contributed by atoms with van der Waals surface area (Å²) in [7, 11) is 0. The van der Waals surface area contributed by atoms with Crippen LogP contribution in [0.5, 0.6) is 0 Å². The molecule has 1 amide bonds. The first kappa shape index (κ1) is 23.5. The minimum atomic E-state index is -0.548. The number of benzene rings is 1. The zero-order valence-corrected chi connectivity index (χ0v) is 20.3. The second-order valence-corrected chi connectivity index (χ2v) is 9.74. The fourth-order valence-corrected chi connectivity index (χ4v) is 4.81. The van der Waals surface area contributed by atoms with Gasteiger partial charge in [0, 0.05) is 25.8 Å². The van der Waals surface area contributed by atoms with E-state index >= 15 is 0 Å². The highest BCUT2D eigenvalue weighted by atomic mass is 32.2. The molecule has 3 heterocycles. The van der Waals surface area contributed by atoms with Gasteiger partial charge in [-0.2, -0.15) is 5.10 Å². The number of nitrogens with one attached hydrogen (secondary N) is 2. The Morgan fingerprint density at radius 1 is 1.21 bits per heavy atom. The summed E-state index contributed by atoms with van der Waals surface area (Å²) in [6, 6.07) is 10.3. The van der Waals surface area contributed by atoms with Crippen molar-refractivity contribution in [1.29, 1.82) is 0 Å². The summed E-state index contributed by atoms with van der Waals surface area (Å²) in [6.45, 7) is 8.43. The molecule has 0 spiro atoms. The van der Waals surface area contributed by atoms with Gasteiger partial charge in [-0.25, -0.2) is 14.6 Å². The summed E-state index contributed by atoms with van der Waals surface area (Å²) in [5.41, 5.74) is 1.28. The SMILES string of the molecule is CCSc1nc(NC(C)C)c2cnn(CCNC(=O)C3(c4ccccc4)CCOCC3)c2n1. The van der Waals surface area contributed by atoms with Crippen LogP contribution in [0.25, 0.3) is 11.0 Å². The van der Waals surface area contributed by atoms with E-state index < -0.39 is 5.41 Å². The van der Waals surface area contributed by atoms with Gasteiger partial charge in [0.1, 0.15) is 5.82 Å². The number of thioether (sulfide) groups is 1. The summed E-state index contributed by atoms with van der Waals surface area (Å²) in [5, 5.41) is 12.7. The molecule has 1 fully saturated rings. The molecule has 2 aromatic heterocycles. The van der Waals surface area contributed by atoms with E-state index in [1.165, 1.54) is 0 Å². The normalized spacial score (nSPS) is 15.6. The third-order valence-electron chi connectivity index (χ3n) is 5.89. The van der Waals surface area contributed by atoms with Gasteiger partial charge in [-0.05, 0) is 38.0 Å². The lowest BCUT2D eigenvalue weighted by atomic mass is 9.73. The van der Waals surface area contributed by atoms with E-state index in [2.05, 4.69) is 41.5 Å². The average Bonchev–Trinajstić information content (AvgIpc) is 3.23. The maximum Gasteiger partial charge on any atom is 0.230 e. The highest BCUT2D eigenvalue weighted by Gasteiger charge is 2.41. The Bertz CT molecular complexity index is 1080. The second kappa shape index (κ2) is 10.5. The van der Waals surface area contributed by atoms with Crippen molar-refractivity contribution >= 4 is 34.5 Å². The summed E-state index contributed by atoms with van der Waals surface area (Å²) < 4.78 is 7.41. The third-order valence-corrected chi connectivity index (χ3v) is 6.62. The molecule has 0 unspecified atom stereocenters. The highest BCUT2D eigenvalue weighted by molar-refractivity contribution is 7.99. The number of carbonyl (C=O) groups excluding carboxylic acids is 1. The standard InChI is InChI=1S/C24H32N6O2S/c1-4-33-23-28-20(27-17(2)3)19-16-26-30(21(19)29-23)13-12-25-22(31)24(10-14-32-15-11-24)18-8-6-5-7-9-18/h5-9,16-17H,4,10-15H2,1-3H3,(H,25,31)(H,27,28,29). The summed E-state index contributed by atoms with van der Waals surface area (Å²) in [6.07, 6.45) is 3.16. The molecule has 1 saturated heterocycles. The van der Waals surface area contributed by atoms with Crippen LogP contribution in [0.15, 0.2) is 41.7 Å². The highest BCUT2D eigenvalue weighted by Crippen LogP contribution is 2.35. The Labute approximate surface area is 198 Å². The molecule has 0 saturated carbocycles. The number of ether oxygens (including phenoxy) is 1. The molecule has 0 aliphatic carbocycles. The molecule has 33 heavy (non-hydrogen) atoms. The van der Waals surface area contributed by atoms with E-state index in [9.17, 15) is 4.79 Å². The van der Waals surface area contributed by atoms with Crippen LogP contribution in [-0.2, 0) is 21.5 Å². The number of nitrogens with zero attached hydrogens (tertiary/aromatic N) is 4. The molecule has 1 aromatic carbocycles. The smallest absolute Gasteiger partial charge is 0.230 e. The van der Waals surface area contributed by atoms with E-state index in [0.717, 1.165) is 33.3 Å². The van der Waals surface area contributed by atoms with Crippen molar-refractivity contribution in [3.05, 3.63) is 42.1 Å². The van der Waals surface area contributed by atoms with Crippen LogP contribution in [0.4, 0.5) is 5.82 Å². The zero-order valence-electron chi connectivity index (χ0n) is 19.5. The van der Waals surface area contributed by atoms with Gasteiger partial charge in [-0.15, -0.1) is 0 Å². The summed E-state index contributed by atoms with van der Waals surface area (Å²) in [5.74, 6) is 1.74. The van der Waals surface area contributed by atoms with Crippen LogP contribution in [0.1, 0.15) is 39.2 Å². The van der Waals surface area contributed by atoms with Gasteiger partial charge in [-0.1, -0.05) is 49.0 Å². The van der Waals surface area contributed by atoms with Crippen molar-refractivity contribution in [3.63, 3.8) is 0 Å². The number of fused-ring (bicyclic) bond motifs is 1. The molecule has 4 rings (SSSR count). The lowest BCUT2D eigenvalue weighted by molar-refractivity contribution is -0.130. The average molecular weight is 469 g/mol. The molecule has 176 valence electrons. The zero-order chi connectivity index (χ0) is 23.3. The minimum Gasteiger partial charge on any atom is -0.381 e. The van der Waals surface area contributed by atoms with Crippen LogP contribution in [0, 0.1) is 0 Å². The molecule has 3 aromatic rings. The number of anilines is 1. The van der Waals surface area contributed by atoms with Crippen LogP contribution >= 0.6 is 11.8 Å². The molecule has 1 aliphatic heterocycles. The van der Waals surface area contributed by atoms with Crippen molar-refractivity contribution in [3.8, 4) is 0 Å². The van der Waals surface area contributed by atoms with Gasteiger partial charge < -0.3 is 15.4 Å². The first-order valence-electron chi connectivity index (χ1n) is 11.6. The molecule has 1 aliphatic rings. The van der Waals surface area contributed by atoms with Gasteiger partial charge >= 0.3 is 0 Å². The van der Waals surface area contributed by atoms with Gasteiger partial charge in [0.15, 0.2) is 10.8 Å². The van der Waals surface area contributed by atoms with Crippen LogP contribution < -0.4 is 10.6 Å². The van der Waals surface area contributed by atoms with E-state index in [1.807, 2.05) is 35.0 Å². The quantitative estimate of drug-likeness (QED) is 0.366. The maximum atomic E-state index is 13.4. The lowest BCUT2D eigenvalue weighted by Crippen LogP contribution is -2.48. The number of amides is 1. The van der Waals surface area contributed by atoms with E-state index in [4.69, 9.17) is 9.72 Å². The molecule has 2 N–H and O–H groups in total.